The molecule has 2 rings (SSSR count). The molecule has 0 aliphatic rings. The van der Waals surface area contributed by atoms with Gasteiger partial charge in [-0.3, -0.25) is 0 Å². The minimum atomic E-state index is 0.793. The van der Waals surface area contributed by atoms with Gasteiger partial charge in [0.25, 0.3) is 0 Å². The fourth-order valence-electron chi connectivity index (χ4n) is 2.50. The first-order valence-corrected chi connectivity index (χ1v) is 8.32. The first kappa shape index (κ1) is 18.2. The molecule has 0 atom stereocenters. The van der Waals surface area contributed by atoms with Crippen LogP contribution in [0.3, 0.4) is 0 Å². The van der Waals surface area contributed by atoms with Crippen molar-refractivity contribution < 1.29 is 0 Å². The van der Waals surface area contributed by atoms with E-state index in [2.05, 4.69) is 30.3 Å². The Kier molecular flexibility index (Phi) is 6.73. The van der Waals surface area contributed by atoms with Gasteiger partial charge < -0.3 is 4.98 Å². The molecule has 1 aromatic carbocycles. The van der Waals surface area contributed by atoms with Crippen molar-refractivity contribution in [1.29, 1.82) is 0 Å². The van der Waals surface area contributed by atoms with Crippen LogP contribution < -0.4 is 0 Å². The molecule has 1 heterocycles. The SMILES string of the molecule is C=C/C=C(\C=C/C)c1nc(/C(C=C)=C/C=C\C)[nH]c1-c1ccccc1. The van der Waals surface area contributed by atoms with Crippen molar-refractivity contribution in [2.45, 2.75) is 13.8 Å². The van der Waals surface area contributed by atoms with Crippen molar-refractivity contribution in [1.82, 2.24) is 9.97 Å². The predicted octanol–water partition coefficient (Wildman–Crippen LogP) is 6.37. The second-order valence-electron chi connectivity index (χ2n) is 5.38. The highest BCUT2D eigenvalue weighted by Gasteiger charge is 2.15. The molecule has 0 aliphatic carbocycles. The van der Waals surface area contributed by atoms with Crippen LogP contribution in [0.4, 0.5) is 0 Å². The number of rotatable bonds is 7. The van der Waals surface area contributed by atoms with E-state index in [1.807, 2.05) is 74.6 Å². The zero-order valence-corrected chi connectivity index (χ0v) is 14.9. The number of benzene rings is 1. The van der Waals surface area contributed by atoms with E-state index in [0.29, 0.717) is 0 Å². The van der Waals surface area contributed by atoms with Gasteiger partial charge in [0.15, 0.2) is 0 Å². The Balaban J connectivity index is 2.70. The van der Waals surface area contributed by atoms with Gasteiger partial charge in [0.05, 0.1) is 11.4 Å². The number of nitrogens with one attached hydrogen (secondary N) is 1. The lowest BCUT2D eigenvalue weighted by Crippen LogP contribution is -1.87. The maximum atomic E-state index is 4.85. The predicted molar refractivity (Wildman–Crippen MR) is 110 cm³/mol. The van der Waals surface area contributed by atoms with Gasteiger partial charge >= 0.3 is 0 Å². The summed E-state index contributed by atoms with van der Waals surface area (Å²) in [6.45, 7) is 11.7. The van der Waals surface area contributed by atoms with Crippen LogP contribution in [0.15, 0.2) is 92.1 Å². The lowest BCUT2D eigenvalue weighted by Gasteiger charge is -2.03. The smallest absolute Gasteiger partial charge is 0.138 e. The van der Waals surface area contributed by atoms with Gasteiger partial charge in [-0.1, -0.05) is 92.1 Å². The van der Waals surface area contributed by atoms with E-state index in [9.17, 15) is 0 Å². The third-order valence-corrected chi connectivity index (χ3v) is 3.64. The molecule has 2 heteroatoms. The summed E-state index contributed by atoms with van der Waals surface area (Å²) < 4.78 is 0. The van der Waals surface area contributed by atoms with E-state index >= 15 is 0 Å². The lowest BCUT2D eigenvalue weighted by molar-refractivity contribution is 1.24. The fraction of sp³-hybridized carbons (Fsp3) is 0.0870. The first-order valence-electron chi connectivity index (χ1n) is 8.32. The normalized spacial score (nSPS) is 12.9. The molecule has 0 radical (unpaired) electrons. The maximum Gasteiger partial charge on any atom is 0.138 e. The van der Waals surface area contributed by atoms with Crippen LogP contribution in [0.1, 0.15) is 25.4 Å². The molecule has 1 N–H and O–H groups in total. The van der Waals surface area contributed by atoms with E-state index in [-0.39, 0.29) is 0 Å². The van der Waals surface area contributed by atoms with Crippen molar-refractivity contribution in [3.63, 3.8) is 0 Å². The van der Waals surface area contributed by atoms with Crippen LogP contribution in [-0.4, -0.2) is 9.97 Å². The third kappa shape index (κ3) is 4.45. The molecule has 0 fully saturated rings. The number of aromatic amines is 1. The summed E-state index contributed by atoms with van der Waals surface area (Å²) in [5.74, 6) is 0.793. The molecule has 2 aromatic rings. The van der Waals surface area contributed by atoms with Gasteiger partial charge in [-0.15, -0.1) is 0 Å². The Hall–Kier alpha value is -3.13. The summed E-state index contributed by atoms with van der Waals surface area (Å²) in [4.78, 5) is 8.31. The van der Waals surface area contributed by atoms with E-state index < -0.39 is 0 Å². The van der Waals surface area contributed by atoms with Crippen LogP contribution in [0, 0.1) is 0 Å². The van der Waals surface area contributed by atoms with Crippen LogP contribution in [0.25, 0.3) is 22.4 Å². The highest BCUT2D eigenvalue weighted by Crippen LogP contribution is 2.30. The second kappa shape index (κ2) is 9.24. The quantitative estimate of drug-likeness (QED) is 0.588. The Morgan fingerprint density at radius 3 is 2.36 bits per heavy atom. The summed E-state index contributed by atoms with van der Waals surface area (Å²) in [6, 6.07) is 10.2. The minimum Gasteiger partial charge on any atom is -0.337 e. The standard InChI is InChI=1S/C23H24N2/c1-5-9-15-18(8-4)23-24-21(19(13-6-2)14-7-3)22(25-23)20-16-11-10-12-17-20/h5-17H,2,4H2,1,3H3,(H,24,25)/b9-5-,14-7-,18-15+,19-13+. The van der Waals surface area contributed by atoms with Gasteiger partial charge in [0.1, 0.15) is 5.82 Å². The summed E-state index contributed by atoms with van der Waals surface area (Å²) in [5, 5.41) is 0. The van der Waals surface area contributed by atoms with Crippen LogP contribution in [-0.2, 0) is 0 Å². The molecule has 0 spiro atoms. The summed E-state index contributed by atoms with van der Waals surface area (Å²) in [5.41, 5.74) is 4.92. The molecule has 2 nitrogen and oxygen atoms in total. The summed E-state index contributed by atoms with van der Waals surface area (Å²) in [7, 11) is 0. The number of aromatic nitrogens is 2. The fourth-order valence-corrected chi connectivity index (χ4v) is 2.50. The molecular weight excluding hydrogens is 304 g/mol. The molecule has 0 saturated heterocycles. The topological polar surface area (TPSA) is 28.7 Å². The molecule has 1 aromatic heterocycles. The number of allylic oxidation sites excluding steroid dienone is 10. The molecule has 0 aliphatic heterocycles. The van der Waals surface area contributed by atoms with E-state index in [1.54, 1.807) is 6.08 Å². The van der Waals surface area contributed by atoms with E-state index in [0.717, 1.165) is 33.9 Å². The second-order valence-corrected chi connectivity index (χ2v) is 5.38. The minimum absolute atomic E-state index is 0.793. The molecule has 0 unspecified atom stereocenters. The first-order chi connectivity index (χ1) is 12.2. The average Bonchev–Trinajstić information content (AvgIpc) is 3.08. The Morgan fingerprint density at radius 1 is 1.00 bits per heavy atom. The number of H-pyrrole nitrogens is 1. The van der Waals surface area contributed by atoms with Gasteiger partial charge in [-0.25, -0.2) is 4.98 Å². The van der Waals surface area contributed by atoms with E-state index in [1.165, 1.54) is 0 Å². The van der Waals surface area contributed by atoms with Gasteiger partial charge in [0, 0.05) is 16.7 Å². The summed E-state index contributed by atoms with van der Waals surface area (Å²) >= 11 is 0. The maximum absolute atomic E-state index is 4.85. The summed E-state index contributed by atoms with van der Waals surface area (Å²) in [6.07, 6.45) is 15.6. The monoisotopic (exact) mass is 328 g/mol. The van der Waals surface area contributed by atoms with Crippen molar-refractivity contribution in [2.75, 3.05) is 0 Å². The van der Waals surface area contributed by atoms with Crippen molar-refractivity contribution in [2.24, 2.45) is 0 Å². The Morgan fingerprint density at radius 2 is 1.76 bits per heavy atom. The molecule has 25 heavy (non-hydrogen) atoms. The Labute approximate surface area is 150 Å². The number of nitrogens with zero attached hydrogens (tertiary/aromatic N) is 1. The van der Waals surface area contributed by atoms with Crippen molar-refractivity contribution in [3.05, 3.63) is 104 Å². The van der Waals surface area contributed by atoms with Crippen LogP contribution in [0.2, 0.25) is 0 Å². The van der Waals surface area contributed by atoms with Gasteiger partial charge in [0.2, 0.25) is 0 Å². The van der Waals surface area contributed by atoms with Crippen molar-refractivity contribution >= 4 is 11.1 Å². The van der Waals surface area contributed by atoms with Crippen molar-refractivity contribution in [3.8, 4) is 11.3 Å². The van der Waals surface area contributed by atoms with Gasteiger partial charge in [-0.05, 0) is 13.8 Å². The zero-order valence-electron chi connectivity index (χ0n) is 14.9. The number of hydrogen-bond acceptors (Lipinski definition) is 1. The van der Waals surface area contributed by atoms with Crippen LogP contribution in [0.5, 0.6) is 0 Å². The van der Waals surface area contributed by atoms with E-state index in [4.69, 9.17) is 4.98 Å². The van der Waals surface area contributed by atoms with Crippen LogP contribution >= 0.6 is 0 Å². The molecule has 0 amide bonds. The average molecular weight is 328 g/mol. The third-order valence-electron chi connectivity index (χ3n) is 3.64. The number of imidazole rings is 1. The molecule has 0 bridgehead atoms. The molecule has 0 saturated carbocycles. The molecular formula is C23H24N2. The lowest BCUT2D eigenvalue weighted by atomic mass is 10.0. The highest BCUT2D eigenvalue weighted by molar-refractivity contribution is 5.85. The molecule has 126 valence electrons. The van der Waals surface area contributed by atoms with Gasteiger partial charge in [-0.2, -0.15) is 0 Å². The zero-order chi connectivity index (χ0) is 18.1. The number of hydrogen-bond donors (Lipinski definition) is 1. The highest BCUT2D eigenvalue weighted by atomic mass is 14.9. The largest absolute Gasteiger partial charge is 0.337 e. The Bertz CT molecular complexity index is 843.